The molecule has 88 valence electrons. The summed E-state index contributed by atoms with van der Waals surface area (Å²) in [4.78, 5) is 10.1. The maximum absolute atomic E-state index is 9.26. The summed E-state index contributed by atoms with van der Waals surface area (Å²) in [5, 5.41) is 9.60. The lowest BCUT2D eigenvalue weighted by molar-refractivity contribution is 0.280. The summed E-state index contributed by atoms with van der Waals surface area (Å²) in [5.41, 5.74) is 0.617. The zero-order valence-corrected chi connectivity index (χ0v) is 10.1. The zero-order valence-electron chi connectivity index (χ0n) is 9.36. The Morgan fingerprint density at radius 1 is 1.50 bits per heavy atom. The molecule has 1 aliphatic carbocycles. The molecule has 0 saturated heterocycles. The van der Waals surface area contributed by atoms with Crippen molar-refractivity contribution in [3.05, 3.63) is 17.0 Å². The van der Waals surface area contributed by atoms with Gasteiger partial charge in [-0.2, -0.15) is 0 Å². The third-order valence-electron chi connectivity index (χ3n) is 3.15. The first-order valence-corrected chi connectivity index (χ1v) is 5.91. The molecule has 1 aromatic rings. The van der Waals surface area contributed by atoms with E-state index in [1.807, 2.05) is 7.05 Å². The SMILES string of the molecule is CN(CC1CCC1)c1ncnc(Cl)c1CO. The predicted molar refractivity (Wildman–Crippen MR) is 63.6 cm³/mol. The first kappa shape index (κ1) is 11.6. The van der Waals surface area contributed by atoms with Crippen molar-refractivity contribution in [1.82, 2.24) is 9.97 Å². The van der Waals surface area contributed by atoms with Crippen LogP contribution in [0.4, 0.5) is 5.82 Å². The Morgan fingerprint density at radius 2 is 2.25 bits per heavy atom. The van der Waals surface area contributed by atoms with E-state index < -0.39 is 0 Å². The van der Waals surface area contributed by atoms with Crippen LogP contribution >= 0.6 is 11.6 Å². The summed E-state index contributed by atoms with van der Waals surface area (Å²) in [7, 11) is 1.98. The van der Waals surface area contributed by atoms with E-state index in [2.05, 4.69) is 14.9 Å². The molecule has 1 aliphatic rings. The summed E-state index contributed by atoms with van der Waals surface area (Å²) in [6, 6.07) is 0. The van der Waals surface area contributed by atoms with Gasteiger partial charge in [0, 0.05) is 13.6 Å². The van der Waals surface area contributed by atoms with E-state index in [-0.39, 0.29) is 6.61 Å². The van der Waals surface area contributed by atoms with Crippen LogP contribution in [-0.2, 0) is 6.61 Å². The van der Waals surface area contributed by atoms with E-state index in [4.69, 9.17) is 11.6 Å². The van der Waals surface area contributed by atoms with Crippen LogP contribution in [0.2, 0.25) is 5.15 Å². The molecule has 1 saturated carbocycles. The average Bonchev–Trinajstić information content (AvgIpc) is 2.22. The Morgan fingerprint density at radius 3 is 2.81 bits per heavy atom. The summed E-state index contributed by atoms with van der Waals surface area (Å²) in [6.45, 7) is 0.852. The molecule has 1 fully saturated rings. The van der Waals surface area contributed by atoms with Crippen LogP contribution in [0.5, 0.6) is 0 Å². The quantitative estimate of drug-likeness (QED) is 0.818. The highest BCUT2D eigenvalue weighted by atomic mass is 35.5. The van der Waals surface area contributed by atoms with Crippen molar-refractivity contribution < 1.29 is 5.11 Å². The number of hydrogen-bond donors (Lipinski definition) is 1. The number of nitrogens with zero attached hydrogens (tertiary/aromatic N) is 3. The van der Waals surface area contributed by atoms with Crippen molar-refractivity contribution >= 4 is 17.4 Å². The average molecular weight is 242 g/mol. The summed E-state index contributed by atoms with van der Waals surface area (Å²) in [5.74, 6) is 1.50. The summed E-state index contributed by atoms with van der Waals surface area (Å²) < 4.78 is 0. The predicted octanol–water partition coefficient (Wildman–Crippen LogP) is 1.86. The largest absolute Gasteiger partial charge is 0.391 e. The van der Waals surface area contributed by atoms with Crippen LogP contribution < -0.4 is 4.90 Å². The number of aromatic nitrogens is 2. The Bertz CT molecular complexity index is 368. The fraction of sp³-hybridized carbons (Fsp3) is 0.636. The third-order valence-corrected chi connectivity index (χ3v) is 3.47. The van der Waals surface area contributed by atoms with Crippen LogP contribution in [-0.4, -0.2) is 28.7 Å². The van der Waals surface area contributed by atoms with Crippen LogP contribution in [0.1, 0.15) is 24.8 Å². The molecule has 0 atom stereocenters. The second-order valence-electron chi connectivity index (χ2n) is 4.30. The molecular weight excluding hydrogens is 226 g/mol. The van der Waals surface area contributed by atoms with Crippen LogP contribution in [0, 0.1) is 5.92 Å². The van der Waals surface area contributed by atoms with Gasteiger partial charge in [-0.25, -0.2) is 9.97 Å². The third kappa shape index (κ3) is 2.28. The van der Waals surface area contributed by atoms with Gasteiger partial charge in [-0.05, 0) is 18.8 Å². The van der Waals surface area contributed by atoms with Crippen molar-refractivity contribution in [2.75, 3.05) is 18.5 Å². The molecule has 0 radical (unpaired) electrons. The monoisotopic (exact) mass is 241 g/mol. The van der Waals surface area contributed by atoms with Gasteiger partial charge in [0.15, 0.2) is 0 Å². The normalized spacial score (nSPS) is 15.9. The van der Waals surface area contributed by atoms with E-state index in [1.54, 1.807) is 0 Å². The van der Waals surface area contributed by atoms with Gasteiger partial charge >= 0.3 is 0 Å². The fourth-order valence-electron chi connectivity index (χ4n) is 2.00. The molecule has 4 nitrogen and oxygen atoms in total. The number of anilines is 1. The minimum atomic E-state index is -0.121. The lowest BCUT2D eigenvalue weighted by atomic mass is 9.85. The van der Waals surface area contributed by atoms with Crippen LogP contribution in [0.15, 0.2) is 6.33 Å². The van der Waals surface area contributed by atoms with E-state index in [1.165, 1.54) is 25.6 Å². The minimum Gasteiger partial charge on any atom is -0.391 e. The highest BCUT2D eigenvalue weighted by molar-refractivity contribution is 6.30. The number of aliphatic hydroxyl groups is 1. The van der Waals surface area contributed by atoms with Gasteiger partial charge < -0.3 is 10.0 Å². The molecule has 16 heavy (non-hydrogen) atoms. The molecule has 0 aliphatic heterocycles. The van der Waals surface area contributed by atoms with Gasteiger partial charge in [0.1, 0.15) is 17.3 Å². The standard InChI is InChI=1S/C11H16ClN3O/c1-15(5-8-3-2-4-8)11-9(6-16)10(12)13-7-14-11/h7-8,16H,2-6H2,1H3. The van der Waals surface area contributed by atoms with Crippen molar-refractivity contribution in [2.24, 2.45) is 5.92 Å². The Labute approximate surface area is 100 Å². The minimum absolute atomic E-state index is 0.121. The number of halogens is 1. The first-order valence-electron chi connectivity index (χ1n) is 5.53. The molecule has 0 bridgehead atoms. The Balaban J connectivity index is 2.14. The smallest absolute Gasteiger partial charge is 0.140 e. The molecule has 5 heteroatoms. The van der Waals surface area contributed by atoms with Gasteiger partial charge in [0.25, 0.3) is 0 Å². The number of aliphatic hydroxyl groups excluding tert-OH is 1. The van der Waals surface area contributed by atoms with Crippen molar-refractivity contribution in [1.29, 1.82) is 0 Å². The van der Waals surface area contributed by atoms with E-state index in [9.17, 15) is 5.11 Å². The Hall–Kier alpha value is -0.870. The lowest BCUT2D eigenvalue weighted by Crippen LogP contribution is -2.30. The van der Waals surface area contributed by atoms with Crippen LogP contribution in [0.25, 0.3) is 0 Å². The van der Waals surface area contributed by atoms with E-state index in [0.29, 0.717) is 10.7 Å². The van der Waals surface area contributed by atoms with Crippen molar-refractivity contribution in [3.63, 3.8) is 0 Å². The second kappa shape index (κ2) is 4.97. The molecule has 0 aromatic carbocycles. The van der Waals surface area contributed by atoms with Crippen molar-refractivity contribution in [3.8, 4) is 0 Å². The molecule has 1 aromatic heterocycles. The van der Waals surface area contributed by atoms with Gasteiger partial charge in [-0.1, -0.05) is 18.0 Å². The summed E-state index contributed by atoms with van der Waals surface area (Å²) >= 11 is 5.92. The maximum atomic E-state index is 9.26. The van der Waals surface area contributed by atoms with E-state index in [0.717, 1.165) is 18.3 Å². The van der Waals surface area contributed by atoms with E-state index >= 15 is 0 Å². The Kier molecular flexibility index (Phi) is 3.61. The van der Waals surface area contributed by atoms with Gasteiger partial charge in [-0.15, -0.1) is 0 Å². The fourth-order valence-corrected chi connectivity index (χ4v) is 2.18. The van der Waals surface area contributed by atoms with Crippen molar-refractivity contribution in [2.45, 2.75) is 25.9 Å². The first-order chi connectivity index (χ1) is 7.72. The highest BCUT2D eigenvalue weighted by Gasteiger charge is 2.21. The topological polar surface area (TPSA) is 49.2 Å². The molecule has 0 unspecified atom stereocenters. The number of hydrogen-bond acceptors (Lipinski definition) is 4. The molecular formula is C11H16ClN3O. The van der Waals surface area contributed by atoms with Gasteiger partial charge in [-0.3, -0.25) is 0 Å². The molecule has 1 N–H and O–H groups in total. The molecule has 0 amide bonds. The molecule has 1 heterocycles. The lowest BCUT2D eigenvalue weighted by Gasteiger charge is -2.31. The molecule has 2 rings (SSSR count). The summed E-state index contributed by atoms with van der Waals surface area (Å²) in [6.07, 6.45) is 5.35. The number of rotatable bonds is 4. The molecule has 0 spiro atoms. The maximum Gasteiger partial charge on any atom is 0.140 e. The van der Waals surface area contributed by atoms with Gasteiger partial charge in [0.2, 0.25) is 0 Å². The van der Waals surface area contributed by atoms with Gasteiger partial charge in [0.05, 0.1) is 12.2 Å². The van der Waals surface area contributed by atoms with Crippen LogP contribution in [0.3, 0.4) is 0 Å². The second-order valence-corrected chi connectivity index (χ2v) is 4.66. The highest BCUT2D eigenvalue weighted by Crippen LogP contribution is 2.29. The zero-order chi connectivity index (χ0) is 11.5.